The monoisotopic (exact) mass is 460 g/mol. The SMILES string of the molecule is Cc1cc2c(c(F)n1)-c1ncc(F)cc1[C@@H](C)C(=O)N2CC(=O)Nc1ccc(Cl)c(F)c1. The van der Waals surface area contributed by atoms with Gasteiger partial charge >= 0.3 is 0 Å². The van der Waals surface area contributed by atoms with Crippen LogP contribution in [0.25, 0.3) is 11.3 Å². The number of nitrogens with one attached hydrogen (secondary N) is 1. The number of hydrogen-bond acceptors (Lipinski definition) is 4. The number of rotatable bonds is 3. The highest BCUT2D eigenvalue weighted by atomic mass is 35.5. The van der Waals surface area contributed by atoms with Gasteiger partial charge in [-0.25, -0.2) is 13.8 Å². The summed E-state index contributed by atoms with van der Waals surface area (Å²) in [5.74, 6) is -4.42. The average Bonchev–Trinajstić information content (AvgIpc) is 2.80. The fourth-order valence-electron chi connectivity index (χ4n) is 3.61. The normalized spacial score (nSPS) is 15.1. The third kappa shape index (κ3) is 3.91. The molecule has 1 N–H and O–H groups in total. The molecule has 6 nitrogen and oxygen atoms in total. The molecule has 32 heavy (non-hydrogen) atoms. The van der Waals surface area contributed by atoms with Gasteiger partial charge in [0, 0.05) is 11.4 Å². The van der Waals surface area contributed by atoms with Gasteiger partial charge in [0.05, 0.1) is 34.1 Å². The molecule has 0 fully saturated rings. The molecule has 10 heteroatoms. The van der Waals surface area contributed by atoms with Crippen LogP contribution in [0.5, 0.6) is 0 Å². The molecule has 3 heterocycles. The molecule has 4 rings (SSSR count). The van der Waals surface area contributed by atoms with Crippen LogP contribution in [0.2, 0.25) is 5.02 Å². The second-order valence-electron chi connectivity index (χ2n) is 7.36. The summed E-state index contributed by atoms with van der Waals surface area (Å²) in [6.45, 7) is 2.56. The Morgan fingerprint density at radius 2 is 1.97 bits per heavy atom. The number of anilines is 2. The summed E-state index contributed by atoms with van der Waals surface area (Å²) in [6, 6.07) is 6.30. The zero-order valence-electron chi connectivity index (χ0n) is 16.9. The summed E-state index contributed by atoms with van der Waals surface area (Å²) >= 11 is 5.65. The van der Waals surface area contributed by atoms with Crippen molar-refractivity contribution >= 4 is 34.8 Å². The minimum Gasteiger partial charge on any atom is -0.324 e. The van der Waals surface area contributed by atoms with E-state index in [1.54, 1.807) is 0 Å². The summed E-state index contributed by atoms with van der Waals surface area (Å²) in [6.07, 6.45) is 0.927. The number of halogens is 4. The van der Waals surface area contributed by atoms with E-state index < -0.39 is 41.9 Å². The number of aromatic nitrogens is 2. The van der Waals surface area contributed by atoms with E-state index in [4.69, 9.17) is 11.6 Å². The van der Waals surface area contributed by atoms with E-state index in [2.05, 4.69) is 15.3 Å². The largest absolute Gasteiger partial charge is 0.324 e. The lowest BCUT2D eigenvalue weighted by Crippen LogP contribution is -2.40. The van der Waals surface area contributed by atoms with Crippen LogP contribution in [0.3, 0.4) is 0 Å². The van der Waals surface area contributed by atoms with Crippen LogP contribution in [0.15, 0.2) is 36.5 Å². The quantitative estimate of drug-likeness (QED) is 0.579. The van der Waals surface area contributed by atoms with Gasteiger partial charge in [0.2, 0.25) is 17.8 Å². The van der Waals surface area contributed by atoms with E-state index in [1.165, 1.54) is 32.0 Å². The lowest BCUT2D eigenvalue weighted by atomic mass is 9.97. The van der Waals surface area contributed by atoms with Gasteiger partial charge in [-0.1, -0.05) is 11.6 Å². The van der Waals surface area contributed by atoms with E-state index >= 15 is 0 Å². The van der Waals surface area contributed by atoms with Crippen molar-refractivity contribution in [3.63, 3.8) is 0 Å². The van der Waals surface area contributed by atoms with Crippen molar-refractivity contribution in [2.75, 3.05) is 16.8 Å². The molecule has 0 saturated carbocycles. The van der Waals surface area contributed by atoms with Crippen molar-refractivity contribution in [1.82, 2.24) is 9.97 Å². The van der Waals surface area contributed by atoms with Crippen LogP contribution in [0, 0.1) is 24.5 Å². The number of carbonyl (C=O) groups is 2. The molecule has 2 amide bonds. The molecule has 0 radical (unpaired) electrons. The average molecular weight is 461 g/mol. The van der Waals surface area contributed by atoms with Crippen LogP contribution in [0.1, 0.15) is 24.1 Å². The van der Waals surface area contributed by atoms with E-state index in [-0.39, 0.29) is 38.9 Å². The fraction of sp³-hybridized carbons (Fsp3) is 0.182. The molecule has 0 bridgehead atoms. The zero-order chi connectivity index (χ0) is 23.2. The first-order chi connectivity index (χ1) is 15.2. The Bertz CT molecular complexity index is 1270. The lowest BCUT2D eigenvalue weighted by molar-refractivity contribution is -0.122. The highest BCUT2D eigenvalue weighted by Gasteiger charge is 2.35. The van der Waals surface area contributed by atoms with Crippen LogP contribution in [-0.2, 0) is 9.59 Å². The number of amides is 2. The number of hydrogen-bond donors (Lipinski definition) is 1. The molecule has 0 spiro atoms. The Labute approximate surface area is 186 Å². The Hall–Kier alpha value is -3.46. The number of pyridine rings is 2. The Balaban J connectivity index is 1.77. The van der Waals surface area contributed by atoms with Crippen LogP contribution in [-0.4, -0.2) is 28.3 Å². The minimum atomic E-state index is -0.916. The first-order valence-electron chi connectivity index (χ1n) is 9.55. The van der Waals surface area contributed by atoms with Crippen molar-refractivity contribution < 1.29 is 22.8 Å². The predicted molar refractivity (Wildman–Crippen MR) is 113 cm³/mol. The number of aryl methyl sites for hydroxylation is 1. The van der Waals surface area contributed by atoms with Gasteiger partial charge in [0.25, 0.3) is 0 Å². The van der Waals surface area contributed by atoms with Gasteiger partial charge in [-0.15, -0.1) is 0 Å². The van der Waals surface area contributed by atoms with E-state index in [9.17, 15) is 22.8 Å². The third-order valence-corrected chi connectivity index (χ3v) is 5.41. The molecular weight excluding hydrogens is 445 g/mol. The predicted octanol–water partition coefficient (Wildman–Crippen LogP) is 4.61. The molecule has 1 atom stereocenters. The Morgan fingerprint density at radius 3 is 2.69 bits per heavy atom. The summed E-state index contributed by atoms with van der Waals surface area (Å²) in [5.41, 5.74) is 0.656. The maximum Gasteiger partial charge on any atom is 0.244 e. The molecule has 1 aromatic carbocycles. The van der Waals surface area contributed by atoms with E-state index in [0.29, 0.717) is 0 Å². The lowest BCUT2D eigenvalue weighted by Gasteiger charge is -2.24. The zero-order valence-corrected chi connectivity index (χ0v) is 17.7. The van der Waals surface area contributed by atoms with Gasteiger partial charge in [0.1, 0.15) is 18.2 Å². The van der Waals surface area contributed by atoms with Gasteiger partial charge in [0.15, 0.2) is 0 Å². The maximum absolute atomic E-state index is 14.9. The maximum atomic E-state index is 14.9. The second-order valence-corrected chi connectivity index (χ2v) is 7.77. The van der Waals surface area contributed by atoms with Gasteiger partial charge < -0.3 is 10.2 Å². The molecule has 0 saturated heterocycles. The van der Waals surface area contributed by atoms with Crippen LogP contribution in [0.4, 0.5) is 24.5 Å². The Morgan fingerprint density at radius 1 is 1.22 bits per heavy atom. The summed E-state index contributed by atoms with van der Waals surface area (Å²) in [7, 11) is 0. The van der Waals surface area contributed by atoms with E-state index in [0.717, 1.165) is 23.2 Å². The number of benzene rings is 1. The van der Waals surface area contributed by atoms with Crippen molar-refractivity contribution in [1.29, 1.82) is 0 Å². The molecule has 1 aliphatic rings. The van der Waals surface area contributed by atoms with E-state index in [1.807, 2.05) is 0 Å². The smallest absolute Gasteiger partial charge is 0.244 e. The molecular formula is C22H16ClF3N4O2. The van der Waals surface area contributed by atoms with Crippen molar-refractivity contribution in [3.05, 3.63) is 70.4 Å². The van der Waals surface area contributed by atoms with Gasteiger partial charge in [-0.2, -0.15) is 4.39 Å². The van der Waals surface area contributed by atoms with Crippen LogP contribution >= 0.6 is 11.6 Å². The standard InChI is InChI=1S/C22H16ClF3N4O2/c1-10-5-17-19(21(26)28-10)20-14(6-12(24)8-27-20)11(2)22(32)30(17)9-18(31)29-13-3-4-15(23)16(25)7-13/h3-8,11H,9H2,1-2H3,(H,29,31)/t11-/m1/s1. The molecule has 2 aromatic heterocycles. The Kier molecular flexibility index (Phi) is 5.60. The highest BCUT2D eigenvalue weighted by Crippen LogP contribution is 2.41. The summed E-state index contributed by atoms with van der Waals surface area (Å²) in [5, 5.41) is 2.38. The first-order valence-corrected chi connectivity index (χ1v) is 9.92. The highest BCUT2D eigenvalue weighted by molar-refractivity contribution is 6.30. The molecule has 164 valence electrons. The van der Waals surface area contributed by atoms with Crippen LogP contribution < -0.4 is 10.2 Å². The van der Waals surface area contributed by atoms with Gasteiger partial charge in [-0.05, 0) is 49.7 Å². The third-order valence-electron chi connectivity index (χ3n) is 5.10. The molecule has 0 aliphatic carbocycles. The summed E-state index contributed by atoms with van der Waals surface area (Å²) in [4.78, 5) is 34.9. The summed E-state index contributed by atoms with van der Waals surface area (Å²) < 4.78 is 42.5. The number of nitrogens with zero attached hydrogens (tertiary/aromatic N) is 3. The topological polar surface area (TPSA) is 75.2 Å². The number of carbonyl (C=O) groups excluding carboxylic acids is 2. The second kappa shape index (κ2) is 8.23. The van der Waals surface area contributed by atoms with Crippen molar-refractivity contribution in [2.45, 2.75) is 19.8 Å². The molecule has 1 aliphatic heterocycles. The van der Waals surface area contributed by atoms with Gasteiger partial charge in [-0.3, -0.25) is 14.6 Å². The number of fused-ring (bicyclic) bond motifs is 3. The first kappa shape index (κ1) is 21.8. The fourth-order valence-corrected chi connectivity index (χ4v) is 3.73. The molecule has 3 aromatic rings. The minimum absolute atomic E-state index is 0.0786. The van der Waals surface area contributed by atoms with Crippen molar-refractivity contribution in [2.24, 2.45) is 0 Å². The van der Waals surface area contributed by atoms with Crippen molar-refractivity contribution in [3.8, 4) is 11.3 Å². The molecule has 0 unspecified atom stereocenters.